The molecule has 5 heteroatoms. The lowest BCUT2D eigenvalue weighted by Gasteiger charge is -2.32. The van der Waals surface area contributed by atoms with Crippen LogP contribution in [0.1, 0.15) is 64.1 Å². The average Bonchev–Trinajstić information content (AvgIpc) is 2.88. The molecule has 5 nitrogen and oxygen atoms in total. The Morgan fingerprint density at radius 1 is 1.38 bits per heavy atom. The van der Waals surface area contributed by atoms with Gasteiger partial charge in [0.15, 0.2) is 5.82 Å². The van der Waals surface area contributed by atoms with Crippen LogP contribution in [0.4, 0.5) is 0 Å². The first-order valence-corrected chi connectivity index (χ1v) is 8.09. The number of nitrogens with one attached hydrogen (secondary N) is 1. The van der Waals surface area contributed by atoms with Crippen LogP contribution >= 0.6 is 0 Å². The molecule has 1 atom stereocenters. The Balaban J connectivity index is 1.92. The summed E-state index contributed by atoms with van der Waals surface area (Å²) in [7, 11) is 1.72. The van der Waals surface area contributed by atoms with E-state index in [1.807, 2.05) is 0 Å². The van der Waals surface area contributed by atoms with Gasteiger partial charge in [-0.25, -0.2) is 0 Å². The number of hydrogen-bond acceptors (Lipinski definition) is 5. The molecule has 0 aromatic carbocycles. The van der Waals surface area contributed by atoms with Crippen LogP contribution in [-0.2, 0) is 11.2 Å². The second kappa shape index (κ2) is 7.36. The summed E-state index contributed by atoms with van der Waals surface area (Å²) in [6.45, 7) is 8.34. The number of aromatic nitrogens is 2. The van der Waals surface area contributed by atoms with E-state index in [0.717, 1.165) is 24.7 Å². The molecule has 21 heavy (non-hydrogen) atoms. The first kappa shape index (κ1) is 16.4. The van der Waals surface area contributed by atoms with Crippen molar-refractivity contribution in [3.8, 4) is 0 Å². The predicted molar refractivity (Wildman–Crippen MR) is 82.3 cm³/mol. The van der Waals surface area contributed by atoms with E-state index in [9.17, 15) is 0 Å². The minimum atomic E-state index is 0.235. The Bertz CT molecular complexity index is 415. The molecule has 2 rings (SSSR count). The molecule has 1 saturated carbocycles. The van der Waals surface area contributed by atoms with E-state index >= 15 is 0 Å². The highest BCUT2D eigenvalue weighted by Crippen LogP contribution is 2.41. The average molecular weight is 295 g/mol. The van der Waals surface area contributed by atoms with Gasteiger partial charge in [-0.2, -0.15) is 4.98 Å². The van der Waals surface area contributed by atoms with Gasteiger partial charge in [-0.15, -0.1) is 0 Å². The van der Waals surface area contributed by atoms with Crippen molar-refractivity contribution in [2.45, 2.75) is 64.8 Å². The predicted octanol–water partition coefficient (Wildman–Crippen LogP) is 2.92. The maximum Gasteiger partial charge on any atom is 0.228 e. The van der Waals surface area contributed by atoms with E-state index in [-0.39, 0.29) is 6.04 Å². The van der Waals surface area contributed by atoms with Gasteiger partial charge in [0.05, 0.1) is 6.61 Å². The van der Waals surface area contributed by atoms with Crippen molar-refractivity contribution in [1.82, 2.24) is 15.5 Å². The van der Waals surface area contributed by atoms with Crippen molar-refractivity contribution in [3.63, 3.8) is 0 Å². The number of methoxy groups -OCH3 is 1. The normalized spacial score (nSPS) is 20.6. The topological polar surface area (TPSA) is 60.2 Å². The van der Waals surface area contributed by atoms with E-state index in [1.54, 1.807) is 7.11 Å². The summed E-state index contributed by atoms with van der Waals surface area (Å²) in [6.07, 6.45) is 5.55. The highest BCUT2D eigenvalue weighted by atomic mass is 16.5. The largest absolute Gasteiger partial charge is 0.383 e. The Morgan fingerprint density at radius 2 is 2.10 bits per heavy atom. The van der Waals surface area contributed by atoms with Crippen LogP contribution < -0.4 is 5.32 Å². The highest BCUT2D eigenvalue weighted by molar-refractivity contribution is 4.99. The first-order valence-electron chi connectivity index (χ1n) is 8.09. The van der Waals surface area contributed by atoms with Crippen LogP contribution in [0.25, 0.3) is 0 Å². The van der Waals surface area contributed by atoms with E-state index in [1.165, 1.54) is 25.7 Å². The number of nitrogens with zero attached hydrogens (tertiary/aromatic N) is 2. The van der Waals surface area contributed by atoms with Gasteiger partial charge < -0.3 is 14.6 Å². The van der Waals surface area contributed by atoms with Gasteiger partial charge in [0.2, 0.25) is 5.89 Å². The summed E-state index contributed by atoms with van der Waals surface area (Å²) < 4.78 is 10.7. The van der Waals surface area contributed by atoms with Gasteiger partial charge in [-0.3, -0.25) is 0 Å². The molecule has 1 aliphatic rings. The number of likely N-dealkylation sites (N-methyl/N-ethyl adjacent to an activating group) is 1. The van der Waals surface area contributed by atoms with Crippen molar-refractivity contribution in [2.75, 3.05) is 20.3 Å². The minimum absolute atomic E-state index is 0.235. The molecule has 1 aromatic rings. The lowest BCUT2D eigenvalue weighted by atomic mass is 9.73. The lowest BCUT2D eigenvalue weighted by Crippen LogP contribution is -2.35. The van der Waals surface area contributed by atoms with Crippen molar-refractivity contribution in [3.05, 3.63) is 11.7 Å². The van der Waals surface area contributed by atoms with Crippen LogP contribution in [0.2, 0.25) is 0 Å². The minimum Gasteiger partial charge on any atom is -0.383 e. The summed E-state index contributed by atoms with van der Waals surface area (Å²) in [5, 5.41) is 7.59. The zero-order valence-corrected chi connectivity index (χ0v) is 13.8. The van der Waals surface area contributed by atoms with Gasteiger partial charge >= 0.3 is 0 Å². The standard InChI is InChI=1S/C16H29N3O2/c1-5-17-13(11-20-4)10-14-18-15(19-21-14)12-6-8-16(2,3)9-7-12/h12-13,17H,5-11H2,1-4H3. The summed E-state index contributed by atoms with van der Waals surface area (Å²) in [5.74, 6) is 2.08. The zero-order valence-electron chi connectivity index (χ0n) is 13.8. The van der Waals surface area contributed by atoms with Gasteiger partial charge in [-0.05, 0) is 37.6 Å². The van der Waals surface area contributed by atoms with Gasteiger partial charge in [0.1, 0.15) is 0 Å². The summed E-state index contributed by atoms with van der Waals surface area (Å²) in [4.78, 5) is 4.61. The van der Waals surface area contributed by atoms with Crippen molar-refractivity contribution < 1.29 is 9.26 Å². The molecule has 1 fully saturated rings. The van der Waals surface area contributed by atoms with Gasteiger partial charge in [-0.1, -0.05) is 25.9 Å². The smallest absolute Gasteiger partial charge is 0.228 e. The van der Waals surface area contributed by atoms with Crippen LogP contribution in [-0.4, -0.2) is 36.4 Å². The molecule has 0 aliphatic heterocycles. The molecule has 1 N–H and O–H groups in total. The molecule has 0 spiro atoms. The molecule has 0 amide bonds. The maximum absolute atomic E-state index is 5.44. The second-order valence-corrected chi connectivity index (χ2v) is 6.90. The van der Waals surface area contributed by atoms with Crippen molar-refractivity contribution >= 4 is 0 Å². The van der Waals surface area contributed by atoms with E-state index in [4.69, 9.17) is 9.26 Å². The van der Waals surface area contributed by atoms with Crippen LogP contribution in [0, 0.1) is 5.41 Å². The summed E-state index contributed by atoms with van der Waals surface area (Å²) >= 11 is 0. The molecule has 1 unspecified atom stereocenters. The van der Waals surface area contributed by atoms with Crippen LogP contribution in [0.3, 0.4) is 0 Å². The van der Waals surface area contributed by atoms with Crippen molar-refractivity contribution in [2.24, 2.45) is 5.41 Å². The number of ether oxygens (including phenoxy) is 1. The maximum atomic E-state index is 5.44. The fourth-order valence-electron chi connectivity index (χ4n) is 3.06. The van der Waals surface area contributed by atoms with E-state index in [0.29, 0.717) is 17.9 Å². The summed E-state index contributed by atoms with van der Waals surface area (Å²) in [6, 6.07) is 0.235. The third-order valence-electron chi connectivity index (χ3n) is 4.47. The molecule has 0 bridgehead atoms. The van der Waals surface area contributed by atoms with Gasteiger partial charge in [0.25, 0.3) is 0 Å². The fraction of sp³-hybridized carbons (Fsp3) is 0.875. The lowest BCUT2D eigenvalue weighted by molar-refractivity contribution is 0.162. The Labute approximate surface area is 127 Å². The molecular weight excluding hydrogens is 266 g/mol. The zero-order chi connectivity index (χ0) is 15.3. The number of rotatable bonds is 7. The molecule has 120 valence electrons. The molecule has 1 aliphatic carbocycles. The SMILES string of the molecule is CCNC(COC)Cc1nc(C2CCC(C)(C)CC2)no1. The monoisotopic (exact) mass is 295 g/mol. The first-order chi connectivity index (χ1) is 10.0. The van der Waals surface area contributed by atoms with Crippen molar-refractivity contribution in [1.29, 1.82) is 0 Å². The third-order valence-corrected chi connectivity index (χ3v) is 4.47. The Hall–Kier alpha value is -0.940. The summed E-state index contributed by atoms with van der Waals surface area (Å²) in [5.41, 5.74) is 0.470. The van der Waals surface area contributed by atoms with E-state index < -0.39 is 0 Å². The van der Waals surface area contributed by atoms with E-state index in [2.05, 4.69) is 36.2 Å². The van der Waals surface area contributed by atoms with Crippen LogP contribution in [0.5, 0.6) is 0 Å². The highest BCUT2D eigenvalue weighted by Gasteiger charge is 2.30. The molecular formula is C16H29N3O2. The quantitative estimate of drug-likeness (QED) is 0.838. The van der Waals surface area contributed by atoms with Gasteiger partial charge in [0, 0.05) is 25.5 Å². The Kier molecular flexibility index (Phi) is 5.76. The number of hydrogen-bond donors (Lipinski definition) is 1. The third kappa shape index (κ3) is 4.78. The fourth-order valence-corrected chi connectivity index (χ4v) is 3.06. The molecule has 1 aromatic heterocycles. The molecule has 1 heterocycles. The molecule has 0 saturated heterocycles. The second-order valence-electron chi connectivity index (χ2n) is 6.90. The van der Waals surface area contributed by atoms with Crippen LogP contribution in [0.15, 0.2) is 4.52 Å². The molecule has 0 radical (unpaired) electrons. The Morgan fingerprint density at radius 3 is 2.71 bits per heavy atom.